The molecule has 1 aliphatic heterocycles. The van der Waals surface area contributed by atoms with Crippen LogP contribution in [-0.2, 0) is 16.5 Å². The van der Waals surface area contributed by atoms with E-state index in [4.69, 9.17) is 16.5 Å². The lowest BCUT2D eigenvalue weighted by Crippen LogP contribution is -2.61. The van der Waals surface area contributed by atoms with Crippen LogP contribution in [0.15, 0.2) is 0 Å². The predicted octanol–water partition coefficient (Wildman–Crippen LogP) is 2.80. The first-order valence-electron chi connectivity index (χ1n) is 6.37. The Hall–Kier alpha value is 0.708. The van der Waals surface area contributed by atoms with Gasteiger partial charge < -0.3 is 16.5 Å². The first-order valence-corrected chi connectivity index (χ1v) is 16.3. The van der Waals surface area contributed by atoms with E-state index in [1.54, 1.807) is 0 Å². The Bertz CT molecular complexity index is 252. The van der Waals surface area contributed by atoms with Crippen LogP contribution in [0.3, 0.4) is 0 Å². The molecule has 0 aliphatic carbocycles. The molecule has 0 amide bonds. The van der Waals surface area contributed by atoms with Crippen molar-refractivity contribution in [3.63, 3.8) is 0 Å². The van der Waals surface area contributed by atoms with E-state index < -0.39 is 35.0 Å². The molecular weight excluding hydrogens is 284 g/mol. The third kappa shape index (κ3) is 4.71. The van der Waals surface area contributed by atoms with Crippen molar-refractivity contribution >= 4 is 35.0 Å². The molecule has 8 heteroatoms. The summed E-state index contributed by atoms with van der Waals surface area (Å²) in [6.45, 7) is 14.8. The maximum absolute atomic E-state index is 6.31. The van der Waals surface area contributed by atoms with Gasteiger partial charge in [-0.05, 0) is 44.8 Å². The maximum Gasteiger partial charge on any atom is 0.317 e. The van der Waals surface area contributed by atoms with Crippen molar-refractivity contribution in [3.05, 3.63) is 0 Å². The fraction of sp³-hybridized carbons (Fsp3) is 1.00. The van der Waals surface area contributed by atoms with Gasteiger partial charge in [0.1, 0.15) is 0 Å². The van der Waals surface area contributed by atoms with Crippen LogP contribution >= 0.6 is 0 Å². The molecule has 102 valence electrons. The maximum atomic E-state index is 6.31. The zero-order valence-electron chi connectivity index (χ0n) is 12.1. The Labute approximate surface area is 110 Å². The van der Waals surface area contributed by atoms with Gasteiger partial charge in [-0.3, -0.25) is 0 Å². The highest BCUT2D eigenvalue weighted by molar-refractivity contribution is 6.89. The molecule has 0 unspecified atom stereocenters. The molecule has 0 atom stereocenters. The van der Waals surface area contributed by atoms with Crippen molar-refractivity contribution in [2.45, 2.75) is 58.7 Å². The van der Waals surface area contributed by atoms with Gasteiger partial charge in [0.15, 0.2) is 0 Å². The van der Waals surface area contributed by atoms with Crippen molar-refractivity contribution in [3.8, 4) is 0 Å². The van der Waals surface area contributed by atoms with Crippen molar-refractivity contribution in [2.75, 3.05) is 0 Å². The highest BCUT2D eigenvalue weighted by Crippen LogP contribution is 2.29. The Morgan fingerprint density at radius 3 is 1.53 bits per heavy atom. The van der Waals surface area contributed by atoms with E-state index >= 15 is 0 Å². The van der Waals surface area contributed by atoms with E-state index in [-0.39, 0.29) is 0 Å². The van der Waals surface area contributed by atoms with E-state index in [2.05, 4.69) is 46.6 Å². The molecule has 0 radical (unpaired) electrons. The summed E-state index contributed by atoms with van der Waals surface area (Å²) in [6, 6.07) is 1.93. The predicted molar refractivity (Wildman–Crippen MR) is 79.0 cm³/mol. The molecule has 1 fully saturated rings. The van der Waals surface area contributed by atoms with Gasteiger partial charge in [-0.25, -0.2) is 0 Å². The Kier molecular flexibility index (Phi) is 4.98. The lowest BCUT2D eigenvalue weighted by molar-refractivity contribution is 0.245. The summed E-state index contributed by atoms with van der Waals surface area (Å²) >= 11 is 0. The minimum atomic E-state index is -2.11. The quantitative estimate of drug-likeness (QED) is 0.735. The molecule has 4 nitrogen and oxygen atoms in total. The summed E-state index contributed by atoms with van der Waals surface area (Å²) < 4.78 is 25.0. The topological polar surface area (TPSA) is 36.9 Å². The van der Waals surface area contributed by atoms with Crippen LogP contribution in [-0.4, -0.2) is 35.0 Å². The van der Waals surface area contributed by atoms with Gasteiger partial charge in [-0.15, -0.1) is 0 Å². The van der Waals surface area contributed by atoms with Crippen LogP contribution in [0.1, 0.15) is 13.8 Å². The van der Waals surface area contributed by atoms with Crippen LogP contribution < -0.4 is 0 Å². The minimum Gasteiger partial charge on any atom is -0.418 e. The fourth-order valence-corrected chi connectivity index (χ4v) is 20.4. The molecule has 0 aromatic heterocycles. The largest absolute Gasteiger partial charge is 0.418 e. The number of hydrogen-bond acceptors (Lipinski definition) is 4. The smallest absolute Gasteiger partial charge is 0.317 e. The van der Waals surface area contributed by atoms with E-state index in [1.165, 1.54) is 0 Å². The van der Waals surface area contributed by atoms with Gasteiger partial charge in [-0.2, -0.15) is 0 Å². The van der Waals surface area contributed by atoms with Gasteiger partial charge in [0, 0.05) is 0 Å². The van der Waals surface area contributed by atoms with Gasteiger partial charge in [0.05, 0.1) is 0 Å². The second-order valence-electron chi connectivity index (χ2n) is 5.56. The molecule has 1 heterocycles. The van der Waals surface area contributed by atoms with E-state index in [0.29, 0.717) is 0 Å². The average molecular weight is 311 g/mol. The molecule has 0 saturated carbocycles. The Morgan fingerprint density at radius 2 is 1.24 bits per heavy atom. The molecule has 1 aliphatic rings. The monoisotopic (exact) mass is 310 g/mol. The molecule has 0 aromatic carbocycles. The molecular formula is C9H26O4Si4. The third-order valence-corrected chi connectivity index (χ3v) is 18.7. The summed E-state index contributed by atoms with van der Waals surface area (Å²) in [5.74, 6) is 0. The summed E-state index contributed by atoms with van der Waals surface area (Å²) in [6.07, 6.45) is 0. The Balaban J connectivity index is 2.93. The molecule has 0 spiro atoms. The van der Waals surface area contributed by atoms with Crippen molar-refractivity contribution in [1.82, 2.24) is 0 Å². The first-order chi connectivity index (χ1) is 7.61. The van der Waals surface area contributed by atoms with E-state index in [0.717, 1.165) is 12.1 Å². The Morgan fingerprint density at radius 1 is 0.824 bits per heavy atom. The third-order valence-electron chi connectivity index (χ3n) is 2.73. The van der Waals surface area contributed by atoms with Gasteiger partial charge >= 0.3 is 35.0 Å². The highest BCUT2D eigenvalue weighted by Gasteiger charge is 2.48. The van der Waals surface area contributed by atoms with Gasteiger partial charge in [0.25, 0.3) is 0 Å². The standard InChI is InChI=1S/C9H26O4Si4/c1-8-14-10-15(3,4)12-17(7,9-2)13-16(5,6)11-14/h14H,8-9H2,1-7H3. The SMILES string of the molecule is CC[SiH]1O[Si](C)(C)O[Si](C)(CC)O[Si](C)(C)O1. The molecule has 1 rings (SSSR count). The van der Waals surface area contributed by atoms with Crippen LogP contribution in [0.25, 0.3) is 0 Å². The lowest BCUT2D eigenvalue weighted by atomic mass is 11.0. The summed E-state index contributed by atoms with van der Waals surface area (Å²) in [4.78, 5) is 0. The second-order valence-corrected chi connectivity index (χ2v) is 19.3. The summed E-state index contributed by atoms with van der Waals surface area (Å²) in [5, 5.41) is 0. The van der Waals surface area contributed by atoms with E-state index in [9.17, 15) is 0 Å². The molecule has 0 bridgehead atoms. The molecule has 0 N–H and O–H groups in total. The van der Waals surface area contributed by atoms with E-state index in [1.807, 2.05) is 0 Å². The minimum absolute atomic E-state index is 0.949. The zero-order chi connectivity index (χ0) is 13.3. The highest BCUT2D eigenvalue weighted by atomic mass is 28.5. The lowest BCUT2D eigenvalue weighted by Gasteiger charge is -2.44. The van der Waals surface area contributed by atoms with Crippen molar-refractivity contribution < 1.29 is 16.5 Å². The molecule has 1 saturated heterocycles. The normalized spacial score (nSPS) is 37.2. The summed E-state index contributed by atoms with van der Waals surface area (Å²) in [5.41, 5.74) is 0. The summed E-state index contributed by atoms with van der Waals surface area (Å²) in [7, 11) is -7.87. The number of hydrogen-bond donors (Lipinski definition) is 0. The molecule has 17 heavy (non-hydrogen) atoms. The van der Waals surface area contributed by atoms with Crippen LogP contribution in [0.5, 0.6) is 0 Å². The molecule has 0 aromatic rings. The average Bonchev–Trinajstić information content (AvgIpc) is 2.12. The van der Waals surface area contributed by atoms with Gasteiger partial charge in [-0.1, -0.05) is 13.8 Å². The van der Waals surface area contributed by atoms with Crippen molar-refractivity contribution in [1.29, 1.82) is 0 Å². The fourth-order valence-electron chi connectivity index (χ4n) is 2.08. The van der Waals surface area contributed by atoms with Crippen LogP contribution in [0.4, 0.5) is 0 Å². The zero-order valence-corrected chi connectivity index (χ0v) is 16.3. The van der Waals surface area contributed by atoms with Crippen LogP contribution in [0.2, 0.25) is 44.8 Å². The number of rotatable bonds is 2. The van der Waals surface area contributed by atoms with Crippen LogP contribution in [0, 0.1) is 0 Å². The second kappa shape index (κ2) is 5.37. The first kappa shape index (κ1) is 15.8. The van der Waals surface area contributed by atoms with Crippen molar-refractivity contribution in [2.24, 2.45) is 0 Å². The van der Waals surface area contributed by atoms with Gasteiger partial charge in [0.2, 0.25) is 0 Å².